The summed E-state index contributed by atoms with van der Waals surface area (Å²) in [6, 6.07) is 0. The number of hydrogen-bond donors (Lipinski definition) is 2. The molecule has 7 heteroatoms. The zero-order valence-electron chi connectivity index (χ0n) is 9.63. The average Bonchev–Trinajstić information content (AvgIpc) is 2.70. The molecule has 2 aromatic heterocycles. The summed E-state index contributed by atoms with van der Waals surface area (Å²) in [4.78, 5) is 8.23. The molecule has 2 aromatic rings. The van der Waals surface area contributed by atoms with Gasteiger partial charge in [0, 0.05) is 19.8 Å². The minimum absolute atomic E-state index is 0.0420. The third-order valence-electron chi connectivity index (χ3n) is 2.21. The van der Waals surface area contributed by atoms with Gasteiger partial charge in [-0.1, -0.05) is 0 Å². The predicted octanol–water partition coefficient (Wildman–Crippen LogP) is -0.216. The van der Waals surface area contributed by atoms with E-state index in [-0.39, 0.29) is 6.61 Å². The minimum Gasteiger partial charge on any atom is -0.394 e. The number of anilines is 1. The molecule has 0 bridgehead atoms. The summed E-state index contributed by atoms with van der Waals surface area (Å²) in [5.41, 5.74) is 0.668. The third-order valence-corrected chi connectivity index (χ3v) is 2.21. The van der Waals surface area contributed by atoms with Gasteiger partial charge in [-0.3, -0.25) is 4.68 Å². The van der Waals surface area contributed by atoms with Gasteiger partial charge in [-0.05, 0) is 0 Å². The molecule has 7 nitrogen and oxygen atoms in total. The third kappa shape index (κ3) is 2.89. The molecule has 0 aliphatic heterocycles. The van der Waals surface area contributed by atoms with Crippen LogP contribution >= 0.6 is 0 Å². The van der Waals surface area contributed by atoms with Crippen molar-refractivity contribution in [2.24, 2.45) is 7.05 Å². The van der Waals surface area contributed by atoms with Crippen LogP contribution in [0.25, 0.3) is 11.0 Å². The molecule has 0 spiro atoms. The van der Waals surface area contributed by atoms with Gasteiger partial charge in [0.1, 0.15) is 12.1 Å². The Morgan fingerprint density at radius 1 is 1.41 bits per heavy atom. The van der Waals surface area contributed by atoms with Crippen LogP contribution in [0.5, 0.6) is 0 Å². The van der Waals surface area contributed by atoms with E-state index in [1.165, 1.54) is 6.33 Å². The standard InChI is InChI=1S/C10H15N5O2/c1-15-6-8-9(11-2-4-17-5-3-16)12-7-13-10(8)14-15/h6-7,16H,2-5H2,1H3,(H,11,12,13,14). The van der Waals surface area contributed by atoms with E-state index in [2.05, 4.69) is 20.4 Å². The number of aryl methyl sites for hydroxylation is 1. The van der Waals surface area contributed by atoms with Crippen LogP contribution in [0.3, 0.4) is 0 Å². The molecule has 0 amide bonds. The van der Waals surface area contributed by atoms with Crippen molar-refractivity contribution in [3.63, 3.8) is 0 Å². The zero-order chi connectivity index (χ0) is 12.1. The summed E-state index contributed by atoms with van der Waals surface area (Å²) in [6.45, 7) is 1.54. The van der Waals surface area contributed by atoms with Crippen molar-refractivity contribution in [2.45, 2.75) is 0 Å². The number of fused-ring (bicyclic) bond motifs is 1. The molecule has 0 saturated carbocycles. The van der Waals surface area contributed by atoms with E-state index in [0.29, 0.717) is 25.4 Å². The van der Waals surface area contributed by atoms with Crippen molar-refractivity contribution in [3.8, 4) is 0 Å². The molecule has 0 aliphatic carbocycles. The van der Waals surface area contributed by atoms with Crippen LogP contribution in [0.15, 0.2) is 12.5 Å². The van der Waals surface area contributed by atoms with Crippen LogP contribution in [0, 0.1) is 0 Å². The summed E-state index contributed by atoms with van der Waals surface area (Å²) in [6.07, 6.45) is 3.35. The lowest BCUT2D eigenvalue weighted by molar-refractivity contribution is 0.0992. The fourth-order valence-electron chi connectivity index (χ4n) is 1.50. The second-order valence-electron chi connectivity index (χ2n) is 3.53. The molecule has 0 atom stereocenters. The van der Waals surface area contributed by atoms with Crippen molar-refractivity contribution in [3.05, 3.63) is 12.5 Å². The lowest BCUT2D eigenvalue weighted by atomic mass is 10.4. The van der Waals surface area contributed by atoms with Gasteiger partial charge in [-0.25, -0.2) is 9.97 Å². The molecule has 0 aromatic carbocycles. The average molecular weight is 237 g/mol. The summed E-state index contributed by atoms with van der Waals surface area (Å²) >= 11 is 0. The van der Waals surface area contributed by atoms with Gasteiger partial charge in [-0.2, -0.15) is 5.10 Å². The number of nitrogens with zero attached hydrogens (tertiary/aromatic N) is 4. The predicted molar refractivity (Wildman–Crippen MR) is 62.7 cm³/mol. The Balaban J connectivity index is 1.98. The molecule has 0 aliphatic rings. The number of hydrogen-bond acceptors (Lipinski definition) is 6. The second kappa shape index (κ2) is 5.55. The number of aromatic nitrogens is 4. The Labute approximate surface area is 98.4 Å². The molecule has 0 saturated heterocycles. The first-order valence-electron chi connectivity index (χ1n) is 5.38. The molecule has 0 unspecified atom stereocenters. The Kier molecular flexibility index (Phi) is 3.84. The molecule has 0 radical (unpaired) electrons. The van der Waals surface area contributed by atoms with Crippen molar-refractivity contribution >= 4 is 16.9 Å². The van der Waals surface area contributed by atoms with E-state index in [1.807, 2.05) is 13.2 Å². The molecule has 2 heterocycles. The van der Waals surface area contributed by atoms with Gasteiger partial charge in [0.05, 0.1) is 25.2 Å². The van der Waals surface area contributed by atoms with Crippen molar-refractivity contribution in [1.82, 2.24) is 19.7 Å². The van der Waals surface area contributed by atoms with Gasteiger partial charge in [0.15, 0.2) is 5.65 Å². The lowest BCUT2D eigenvalue weighted by Gasteiger charge is -2.05. The monoisotopic (exact) mass is 237 g/mol. The fourth-order valence-corrected chi connectivity index (χ4v) is 1.50. The SMILES string of the molecule is Cn1cc2c(NCCOCCO)ncnc2n1. The highest BCUT2D eigenvalue weighted by molar-refractivity contribution is 5.85. The van der Waals surface area contributed by atoms with Gasteiger partial charge in [-0.15, -0.1) is 0 Å². The number of ether oxygens (including phenoxy) is 1. The van der Waals surface area contributed by atoms with Crippen LogP contribution in [0.2, 0.25) is 0 Å². The molecule has 2 rings (SSSR count). The van der Waals surface area contributed by atoms with Gasteiger partial charge >= 0.3 is 0 Å². The molecule has 2 N–H and O–H groups in total. The maximum absolute atomic E-state index is 8.55. The zero-order valence-corrected chi connectivity index (χ0v) is 9.63. The quantitative estimate of drug-likeness (QED) is 0.676. The van der Waals surface area contributed by atoms with Crippen LogP contribution in [-0.2, 0) is 11.8 Å². The summed E-state index contributed by atoms with van der Waals surface area (Å²) < 4.78 is 6.85. The second-order valence-corrected chi connectivity index (χ2v) is 3.53. The van der Waals surface area contributed by atoms with Crippen molar-refractivity contribution in [1.29, 1.82) is 0 Å². The first kappa shape index (κ1) is 11.7. The van der Waals surface area contributed by atoms with Crippen LogP contribution in [-0.4, -0.2) is 51.2 Å². The highest BCUT2D eigenvalue weighted by atomic mass is 16.5. The van der Waals surface area contributed by atoms with Crippen LogP contribution in [0.4, 0.5) is 5.82 Å². The number of nitrogens with one attached hydrogen (secondary N) is 1. The normalized spacial score (nSPS) is 10.9. The van der Waals surface area contributed by atoms with E-state index in [0.717, 1.165) is 11.2 Å². The van der Waals surface area contributed by atoms with E-state index in [9.17, 15) is 0 Å². The Morgan fingerprint density at radius 3 is 3.12 bits per heavy atom. The summed E-state index contributed by atoms with van der Waals surface area (Å²) in [7, 11) is 1.84. The molecule has 0 fully saturated rings. The molecule has 17 heavy (non-hydrogen) atoms. The lowest BCUT2D eigenvalue weighted by Crippen LogP contribution is -2.12. The van der Waals surface area contributed by atoms with Crippen molar-refractivity contribution < 1.29 is 9.84 Å². The number of aliphatic hydroxyl groups excluding tert-OH is 1. The molecule has 92 valence electrons. The van der Waals surface area contributed by atoms with Crippen LogP contribution < -0.4 is 5.32 Å². The number of aliphatic hydroxyl groups is 1. The smallest absolute Gasteiger partial charge is 0.186 e. The molecular formula is C10H15N5O2. The van der Waals surface area contributed by atoms with Crippen LogP contribution in [0.1, 0.15) is 0 Å². The highest BCUT2D eigenvalue weighted by Gasteiger charge is 2.05. The first-order valence-corrected chi connectivity index (χ1v) is 5.38. The van der Waals surface area contributed by atoms with Gasteiger partial charge in [0.25, 0.3) is 0 Å². The maximum Gasteiger partial charge on any atom is 0.186 e. The minimum atomic E-state index is 0.0420. The molecular weight excluding hydrogens is 222 g/mol. The van der Waals surface area contributed by atoms with E-state index >= 15 is 0 Å². The largest absolute Gasteiger partial charge is 0.394 e. The fraction of sp³-hybridized carbons (Fsp3) is 0.500. The summed E-state index contributed by atoms with van der Waals surface area (Å²) in [5, 5.41) is 16.8. The topological polar surface area (TPSA) is 85.1 Å². The Morgan fingerprint density at radius 2 is 2.29 bits per heavy atom. The van der Waals surface area contributed by atoms with E-state index < -0.39 is 0 Å². The number of rotatable bonds is 6. The van der Waals surface area contributed by atoms with E-state index in [4.69, 9.17) is 9.84 Å². The van der Waals surface area contributed by atoms with Gasteiger partial charge in [0.2, 0.25) is 0 Å². The Bertz CT molecular complexity index is 485. The summed E-state index contributed by atoms with van der Waals surface area (Å²) in [5.74, 6) is 0.746. The Hall–Kier alpha value is -1.73. The first-order chi connectivity index (χ1) is 8.31. The van der Waals surface area contributed by atoms with Gasteiger partial charge < -0.3 is 15.2 Å². The maximum atomic E-state index is 8.55. The van der Waals surface area contributed by atoms with Crippen molar-refractivity contribution in [2.75, 3.05) is 31.7 Å². The highest BCUT2D eigenvalue weighted by Crippen LogP contribution is 2.16. The van der Waals surface area contributed by atoms with E-state index in [1.54, 1.807) is 4.68 Å².